The van der Waals surface area contributed by atoms with E-state index in [9.17, 15) is 14.0 Å². The highest BCUT2D eigenvalue weighted by molar-refractivity contribution is 6.36. The van der Waals surface area contributed by atoms with Crippen LogP contribution in [0.1, 0.15) is 20.7 Å². The van der Waals surface area contributed by atoms with Crippen molar-refractivity contribution >= 4 is 35.5 Å². The second-order valence-corrected chi connectivity index (χ2v) is 4.67. The molecule has 0 aliphatic carbocycles. The third-order valence-corrected chi connectivity index (χ3v) is 2.92. The second kappa shape index (κ2) is 6.03. The normalized spacial score (nSPS) is 10.2. The van der Waals surface area contributed by atoms with Crippen molar-refractivity contribution in [3.63, 3.8) is 0 Å². The van der Waals surface area contributed by atoms with Crippen LogP contribution in [0.2, 0.25) is 10.0 Å². The van der Waals surface area contributed by atoms with Gasteiger partial charge in [-0.3, -0.25) is 4.79 Å². The van der Waals surface area contributed by atoms with E-state index >= 15 is 0 Å². The number of carbonyl (C=O) groups excluding carboxylic acids is 2. The summed E-state index contributed by atoms with van der Waals surface area (Å²) in [6.45, 7) is 0. The maximum atomic E-state index is 13.0. The Morgan fingerprint density at radius 2 is 1.95 bits per heavy atom. The number of aldehydes is 1. The summed E-state index contributed by atoms with van der Waals surface area (Å²) < 4.78 is 18.1. The zero-order valence-electron chi connectivity index (χ0n) is 9.90. The van der Waals surface area contributed by atoms with Gasteiger partial charge in [-0.15, -0.1) is 0 Å². The summed E-state index contributed by atoms with van der Waals surface area (Å²) in [6, 6.07) is 7.63. The Hall–Kier alpha value is -1.91. The molecule has 0 heterocycles. The van der Waals surface area contributed by atoms with Crippen LogP contribution in [0, 0.1) is 5.82 Å². The van der Waals surface area contributed by atoms with Gasteiger partial charge in [-0.2, -0.15) is 0 Å². The molecule has 0 N–H and O–H groups in total. The first-order chi connectivity index (χ1) is 9.51. The monoisotopic (exact) mass is 312 g/mol. The predicted octanol–water partition coefficient (Wildman–Crippen LogP) is 4.16. The minimum Gasteiger partial charge on any atom is -0.421 e. The van der Waals surface area contributed by atoms with E-state index in [0.717, 1.165) is 6.07 Å². The first kappa shape index (κ1) is 14.5. The first-order valence-corrected chi connectivity index (χ1v) is 6.19. The summed E-state index contributed by atoms with van der Waals surface area (Å²) in [5, 5.41) is 0.256. The molecule has 0 radical (unpaired) electrons. The molecule has 6 heteroatoms. The lowest BCUT2D eigenvalue weighted by Gasteiger charge is -2.09. The number of rotatable bonds is 3. The highest BCUT2D eigenvalue weighted by Gasteiger charge is 2.16. The molecule has 2 aromatic rings. The van der Waals surface area contributed by atoms with Crippen LogP contribution < -0.4 is 4.74 Å². The van der Waals surface area contributed by atoms with Gasteiger partial charge in [0.2, 0.25) is 0 Å². The van der Waals surface area contributed by atoms with Crippen molar-refractivity contribution in [1.82, 2.24) is 0 Å². The van der Waals surface area contributed by atoms with Crippen molar-refractivity contribution < 1.29 is 18.7 Å². The minimum atomic E-state index is -0.822. The van der Waals surface area contributed by atoms with E-state index in [1.54, 1.807) is 0 Å². The molecule has 102 valence electrons. The molecular formula is C14H7Cl2FO3. The lowest BCUT2D eigenvalue weighted by Crippen LogP contribution is -2.10. The van der Waals surface area contributed by atoms with E-state index in [2.05, 4.69) is 0 Å². The molecule has 0 spiro atoms. The van der Waals surface area contributed by atoms with Crippen LogP contribution in [0.5, 0.6) is 5.75 Å². The number of esters is 1. The Kier molecular flexibility index (Phi) is 4.37. The fraction of sp³-hybridized carbons (Fsp3) is 0. The van der Waals surface area contributed by atoms with E-state index in [1.807, 2.05) is 0 Å². The zero-order chi connectivity index (χ0) is 14.7. The molecule has 0 aromatic heterocycles. The summed E-state index contributed by atoms with van der Waals surface area (Å²) in [7, 11) is 0. The van der Waals surface area contributed by atoms with Crippen LogP contribution in [0.3, 0.4) is 0 Å². The van der Waals surface area contributed by atoms with E-state index in [1.165, 1.54) is 30.3 Å². The SMILES string of the molecule is O=Cc1cc(Cl)cc(Cl)c1OC(=O)c1cccc(F)c1. The highest BCUT2D eigenvalue weighted by Crippen LogP contribution is 2.32. The summed E-state index contributed by atoms with van der Waals surface area (Å²) in [5.74, 6) is -1.51. The molecule has 20 heavy (non-hydrogen) atoms. The van der Waals surface area contributed by atoms with Crippen molar-refractivity contribution in [3.8, 4) is 5.75 Å². The van der Waals surface area contributed by atoms with Crippen molar-refractivity contribution in [2.75, 3.05) is 0 Å². The summed E-state index contributed by atoms with van der Waals surface area (Å²) >= 11 is 11.6. The zero-order valence-corrected chi connectivity index (χ0v) is 11.4. The first-order valence-electron chi connectivity index (χ1n) is 5.43. The van der Waals surface area contributed by atoms with Gasteiger partial charge in [-0.1, -0.05) is 29.3 Å². The van der Waals surface area contributed by atoms with Crippen LogP contribution >= 0.6 is 23.2 Å². The van der Waals surface area contributed by atoms with Gasteiger partial charge in [0.05, 0.1) is 16.1 Å². The van der Waals surface area contributed by atoms with Crippen LogP contribution in [0.15, 0.2) is 36.4 Å². The molecule has 0 amide bonds. The van der Waals surface area contributed by atoms with Crippen molar-refractivity contribution in [1.29, 1.82) is 0 Å². The Morgan fingerprint density at radius 1 is 1.20 bits per heavy atom. The van der Waals surface area contributed by atoms with Gasteiger partial charge in [0.15, 0.2) is 12.0 Å². The maximum absolute atomic E-state index is 13.0. The maximum Gasteiger partial charge on any atom is 0.343 e. The Morgan fingerprint density at radius 3 is 2.60 bits per heavy atom. The van der Waals surface area contributed by atoms with Gasteiger partial charge >= 0.3 is 5.97 Å². The van der Waals surface area contributed by atoms with Crippen LogP contribution in [0.4, 0.5) is 4.39 Å². The largest absolute Gasteiger partial charge is 0.421 e. The summed E-state index contributed by atoms with van der Waals surface area (Å²) in [4.78, 5) is 22.8. The molecular weight excluding hydrogens is 306 g/mol. The number of hydrogen-bond acceptors (Lipinski definition) is 3. The molecule has 0 aliphatic rings. The standard InChI is InChI=1S/C14H7Cl2FO3/c15-10-4-9(7-18)13(12(16)6-10)20-14(19)8-2-1-3-11(17)5-8/h1-7H. The quantitative estimate of drug-likeness (QED) is 0.485. The molecule has 2 rings (SSSR count). The van der Waals surface area contributed by atoms with Gasteiger partial charge in [-0.05, 0) is 30.3 Å². The van der Waals surface area contributed by atoms with E-state index in [0.29, 0.717) is 6.29 Å². The number of ether oxygens (including phenoxy) is 1. The topological polar surface area (TPSA) is 43.4 Å². The molecule has 0 atom stereocenters. The third kappa shape index (κ3) is 3.15. The average molecular weight is 313 g/mol. The fourth-order valence-corrected chi connectivity index (χ4v) is 2.09. The third-order valence-electron chi connectivity index (χ3n) is 2.42. The van der Waals surface area contributed by atoms with Gasteiger partial charge in [-0.25, -0.2) is 9.18 Å². The molecule has 0 bridgehead atoms. The number of halogens is 3. The number of benzene rings is 2. The summed E-state index contributed by atoms with van der Waals surface area (Å²) in [5.41, 5.74) is 0.0418. The van der Waals surface area contributed by atoms with Crippen molar-refractivity contribution in [2.45, 2.75) is 0 Å². The Balaban J connectivity index is 2.35. The molecule has 0 fully saturated rings. The summed E-state index contributed by atoms with van der Waals surface area (Å²) in [6.07, 6.45) is 0.464. The highest BCUT2D eigenvalue weighted by atomic mass is 35.5. The molecule has 3 nitrogen and oxygen atoms in total. The minimum absolute atomic E-state index is 0.00728. The molecule has 2 aromatic carbocycles. The lowest BCUT2D eigenvalue weighted by molar-refractivity contribution is 0.0733. The van der Waals surface area contributed by atoms with E-state index in [4.69, 9.17) is 27.9 Å². The predicted molar refractivity (Wildman–Crippen MR) is 73.2 cm³/mol. The van der Waals surface area contributed by atoms with Gasteiger partial charge in [0.25, 0.3) is 0 Å². The number of carbonyl (C=O) groups is 2. The van der Waals surface area contributed by atoms with Gasteiger partial charge in [0, 0.05) is 5.02 Å². The van der Waals surface area contributed by atoms with E-state index in [-0.39, 0.29) is 26.9 Å². The van der Waals surface area contributed by atoms with Crippen LogP contribution in [-0.2, 0) is 0 Å². The lowest BCUT2D eigenvalue weighted by atomic mass is 10.2. The van der Waals surface area contributed by atoms with Crippen LogP contribution in [0.25, 0.3) is 0 Å². The Bertz CT molecular complexity index is 686. The molecule has 0 aliphatic heterocycles. The van der Waals surface area contributed by atoms with Gasteiger partial charge in [0.1, 0.15) is 5.82 Å². The van der Waals surface area contributed by atoms with Gasteiger partial charge < -0.3 is 4.74 Å². The number of hydrogen-bond donors (Lipinski definition) is 0. The smallest absolute Gasteiger partial charge is 0.343 e. The molecule has 0 saturated carbocycles. The van der Waals surface area contributed by atoms with Crippen molar-refractivity contribution in [2.24, 2.45) is 0 Å². The van der Waals surface area contributed by atoms with Crippen molar-refractivity contribution in [3.05, 3.63) is 63.4 Å². The average Bonchev–Trinajstić information content (AvgIpc) is 2.41. The second-order valence-electron chi connectivity index (χ2n) is 3.82. The van der Waals surface area contributed by atoms with E-state index < -0.39 is 11.8 Å². The molecule has 0 unspecified atom stereocenters. The fourth-order valence-electron chi connectivity index (χ4n) is 1.54. The molecule has 0 saturated heterocycles. The Labute approximate surface area is 123 Å². The van der Waals surface area contributed by atoms with Crippen LogP contribution in [-0.4, -0.2) is 12.3 Å².